The normalized spacial score (nSPS) is 32.4. The second-order valence-electron chi connectivity index (χ2n) is 7.31. The SMILES string of the molecule is CCCCCC1(OCC)CCC(C2CCCCC2)CC1. The Balaban J connectivity index is 1.81. The van der Waals surface area contributed by atoms with Crippen LogP contribution < -0.4 is 0 Å². The summed E-state index contributed by atoms with van der Waals surface area (Å²) in [5, 5.41) is 0. The Morgan fingerprint density at radius 1 is 0.850 bits per heavy atom. The van der Waals surface area contributed by atoms with Gasteiger partial charge in [-0.3, -0.25) is 0 Å². The van der Waals surface area contributed by atoms with Crippen LogP contribution in [0.25, 0.3) is 0 Å². The van der Waals surface area contributed by atoms with Crippen molar-refractivity contribution in [3.8, 4) is 0 Å². The van der Waals surface area contributed by atoms with Gasteiger partial charge in [0.15, 0.2) is 0 Å². The quantitative estimate of drug-likeness (QED) is 0.511. The van der Waals surface area contributed by atoms with Gasteiger partial charge in [-0.15, -0.1) is 0 Å². The minimum atomic E-state index is 0.259. The second-order valence-corrected chi connectivity index (χ2v) is 7.31. The van der Waals surface area contributed by atoms with Crippen molar-refractivity contribution in [2.75, 3.05) is 6.61 Å². The van der Waals surface area contributed by atoms with Gasteiger partial charge >= 0.3 is 0 Å². The van der Waals surface area contributed by atoms with Gasteiger partial charge in [0.05, 0.1) is 5.60 Å². The zero-order chi connectivity index (χ0) is 14.3. The van der Waals surface area contributed by atoms with Crippen LogP contribution in [-0.2, 0) is 4.74 Å². The summed E-state index contributed by atoms with van der Waals surface area (Å²) < 4.78 is 6.25. The molecule has 2 aliphatic carbocycles. The number of ether oxygens (including phenoxy) is 1. The van der Waals surface area contributed by atoms with Gasteiger partial charge in [0, 0.05) is 6.61 Å². The Labute approximate surface area is 126 Å². The zero-order valence-electron chi connectivity index (χ0n) is 14.0. The fourth-order valence-electron chi connectivity index (χ4n) is 4.71. The van der Waals surface area contributed by atoms with Crippen LogP contribution in [0, 0.1) is 11.8 Å². The summed E-state index contributed by atoms with van der Waals surface area (Å²) in [7, 11) is 0. The van der Waals surface area contributed by atoms with E-state index in [0.717, 1.165) is 18.4 Å². The lowest BCUT2D eigenvalue weighted by molar-refractivity contribution is -0.0850. The average Bonchev–Trinajstić information content (AvgIpc) is 2.50. The van der Waals surface area contributed by atoms with Gasteiger partial charge in [-0.05, 0) is 50.9 Å². The second kappa shape index (κ2) is 8.41. The van der Waals surface area contributed by atoms with E-state index in [-0.39, 0.29) is 5.60 Å². The Bertz CT molecular complexity index is 246. The molecule has 1 nitrogen and oxygen atoms in total. The Morgan fingerprint density at radius 3 is 2.10 bits per heavy atom. The lowest BCUT2D eigenvalue weighted by Gasteiger charge is -2.43. The summed E-state index contributed by atoms with van der Waals surface area (Å²) in [6.45, 7) is 5.38. The molecule has 0 aromatic rings. The first-order chi connectivity index (χ1) is 9.79. The maximum Gasteiger partial charge on any atom is 0.0682 e. The first-order valence-corrected chi connectivity index (χ1v) is 9.43. The first kappa shape index (κ1) is 16.3. The molecule has 0 aliphatic heterocycles. The van der Waals surface area contributed by atoms with Crippen LogP contribution in [0.1, 0.15) is 97.3 Å². The van der Waals surface area contributed by atoms with E-state index in [0.29, 0.717) is 0 Å². The van der Waals surface area contributed by atoms with Crippen LogP contribution in [0.5, 0.6) is 0 Å². The summed E-state index contributed by atoms with van der Waals surface area (Å²) in [6, 6.07) is 0. The molecule has 0 unspecified atom stereocenters. The molecule has 118 valence electrons. The standard InChI is InChI=1S/C19H36O/c1-3-5-9-14-19(20-4-2)15-12-18(13-16-19)17-10-7-6-8-11-17/h17-18H,3-16H2,1-2H3. The number of hydrogen-bond donors (Lipinski definition) is 0. The van der Waals surface area contributed by atoms with Gasteiger partial charge in [-0.1, -0.05) is 58.3 Å². The minimum absolute atomic E-state index is 0.259. The predicted octanol–water partition coefficient (Wildman–Crippen LogP) is 6.11. The highest BCUT2D eigenvalue weighted by Crippen LogP contribution is 2.44. The molecule has 0 saturated heterocycles. The van der Waals surface area contributed by atoms with E-state index < -0.39 is 0 Å². The molecule has 2 fully saturated rings. The number of unbranched alkanes of at least 4 members (excludes halogenated alkanes) is 2. The summed E-state index contributed by atoms with van der Waals surface area (Å²) in [4.78, 5) is 0. The van der Waals surface area contributed by atoms with Crippen molar-refractivity contribution in [3.05, 3.63) is 0 Å². The molecule has 0 radical (unpaired) electrons. The van der Waals surface area contributed by atoms with Crippen LogP contribution in [0.15, 0.2) is 0 Å². The highest BCUT2D eigenvalue weighted by Gasteiger charge is 2.37. The molecule has 2 rings (SSSR count). The van der Waals surface area contributed by atoms with Gasteiger partial charge in [0.25, 0.3) is 0 Å². The van der Waals surface area contributed by atoms with Crippen molar-refractivity contribution in [1.29, 1.82) is 0 Å². The monoisotopic (exact) mass is 280 g/mol. The molecular weight excluding hydrogens is 244 g/mol. The minimum Gasteiger partial charge on any atom is -0.375 e. The van der Waals surface area contributed by atoms with Crippen LogP contribution >= 0.6 is 0 Å². The molecule has 0 spiro atoms. The lowest BCUT2D eigenvalue weighted by atomic mass is 9.68. The molecule has 0 aromatic carbocycles. The molecule has 1 heteroatoms. The summed E-state index contributed by atoms with van der Waals surface area (Å²) >= 11 is 0. The van der Waals surface area contributed by atoms with Gasteiger partial charge in [0.2, 0.25) is 0 Å². The van der Waals surface area contributed by atoms with Crippen molar-refractivity contribution in [3.63, 3.8) is 0 Å². The van der Waals surface area contributed by atoms with E-state index in [1.165, 1.54) is 83.5 Å². The third-order valence-corrected chi connectivity index (χ3v) is 5.94. The molecule has 0 N–H and O–H groups in total. The van der Waals surface area contributed by atoms with E-state index in [9.17, 15) is 0 Å². The van der Waals surface area contributed by atoms with Gasteiger partial charge in [0.1, 0.15) is 0 Å². The van der Waals surface area contributed by atoms with Crippen molar-refractivity contribution in [2.24, 2.45) is 11.8 Å². The summed E-state index contributed by atoms with van der Waals surface area (Å²) in [5.74, 6) is 2.08. The third kappa shape index (κ3) is 4.48. The van der Waals surface area contributed by atoms with Crippen LogP contribution in [0.4, 0.5) is 0 Å². The highest BCUT2D eigenvalue weighted by molar-refractivity contribution is 4.89. The topological polar surface area (TPSA) is 9.23 Å². The summed E-state index contributed by atoms with van der Waals surface area (Å²) in [6.07, 6.45) is 18.4. The molecule has 0 atom stereocenters. The maximum atomic E-state index is 6.25. The average molecular weight is 280 g/mol. The molecule has 0 heterocycles. The van der Waals surface area contributed by atoms with Crippen LogP contribution in [-0.4, -0.2) is 12.2 Å². The predicted molar refractivity (Wildman–Crippen MR) is 87.0 cm³/mol. The van der Waals surface area contributed by atoms with Crippen molar-refractivity contribution in [1.82, 2.24) is 0 Å². The Morgan fingerprint density at radius 2 is 1.50 bits per heavy atom. The molecule has 2 saturated carbocycles. The van der Waals surface area contributed by atoms with Gasteiger partial charge in [-0.2, -0.15) is 0 Å². The lowest BCUT2D eigenvalue weighted by Crippen LogP contribution is -2.39. The van der Waals surface area contributed by atoms with Gasteiger partial charge < -0.3 is 4.74 Å². The molecule has 2 aliphatic rings. The number of rotatable bonds is 7. The first-order valence-electron chi connectivity index (χ1n) is 9.43. The largest absolute Gasteiger partial charge is 0.375 e. The van der Waals surface area contributed by atoms with Crippen LogP contribution in [0.3, 0.4) is 0 Å². The highest BCUT2D eigenvalue weighted by atomic mass is 16.5. The van der Waals surface area contributed by atoms with E-state index in [4.69, 9.17) is 4.74 Å². The third-order valence-electron chi connectivity index (χ3n) is 5.94. The van der Waals surface area contributed by atoms with Crippen LogP contribution in [0.2, 0.25) is 0 Å². The Hall–Kier alpha value is -0.0400. The molecule has 0 amide bonds. The summed E-state index contributed by atoms with van der Waals surface area (Å²) in [5.41, 5.74) is 0.259. The molecule has 20 heavy (non-hydrogen) atoms. The van der Waals surface area contributed by atoms with E-state index in [2.05, 4.69) is 13.8 Å². The maximum absolute atomic E-state index is 6.25. The fraction of sp³-hybridized carbons (Fsp3) is 1.00. The van der Waals surface area contributed by atoms with Crippen molar-refractivity contribution >= 4 is 0 Å². The van der Waals surface area contributed by atoms with E-state index in [1.54, 1.807) is 0 Å². The van der Waals surface area contributed by atoms with Crippen molar-refractivity contribution in [2.45, 2.75) is 103 Å². The van der Waals surface area contributed by atoms with E-state index >= 15 is 0 Å². The zero-order valence-corrected chi connectivity index (χ0v) is 14.0. The fourth-order valence-corrected chi connectivity index (χ4v) is 4.71. The molecular formula is C19H36O. The number of hydrogen-bond acceptors (Lipinski definition) is 1. The Kier molecular flexibility index (Phi) is 6.87. The van der Waals surface area contributed by atoms with Gasteiger partial charge in [-0.25, -0.2) is 0 Å². The smallest absolute Gasteiger partial charge is 0.0682 e. The van der Waals surface area contributed by atoms with Crippen molar-refractivity contribution < 1.29 is 4.74 Å². The molecule has 0 bridgehead atoms. The molecule has 0 aromatic heterocycles. The van der Waals surface area contributed by atoms with E-state index in [1.807, 2.05) is 0 Å².